The molecule has 3 heteroatoms. The Hall–Kier alpha value is -0.120. The zero-order chi connectivity index (χ0) is 24.3. The monoisotopic (exact) mass is 470 g/mol. The molecule has 0 spiro atoms. The van der Waals surface area contributed by atoms with Crippen LogP contribution in [-0.4, -0.2) is 25.8 Å². The lowest BCUT2D eigenvalue weighted by Gasteiger charge is -2.32. The molecule has 0 bridgehead atoms. The summed E-state index contributed by atoms with van der Waals surface area (Å²) in [5, 5.41) is 0. The van der Waals surface area contributed by atoms with Gasteiger partial charge in [-0.2, -0.15) is 0 Å². The topological polar surface area (TPSA) is 27.7 Å². The van der Waals surface area contributed by atoms with Gasteiger partial charge in [-0.3, -0.25) is 0 Å². The van der Waals surface area contributed by atoms with E-state index in [0.717, 1.165) is 45.5 Å². The zero-order valence-corrected chi connectivity index (χ0v) is 23.4. The highest BCUT2D eigenvalue weighted by Crippen LogP contribution is 2.23. The standard InChI is InChI=1S/C30H62O3/c1-5-9-12-15-18-21-24-27-31-30(8-4,32-28-25-22-19-16-13-10-6-2)33-29-26-23-20-17-14-11-7-3/h5-29H2,1-4H3. The first-order valence-electron chi connectivity index (χ1n) is 15.2. The van der Waals surface area contributed by atoms with Crippen LogP contribution in [0.1, 0.15) is 169 Å². The molecular formula is C30H62O3. The van der Waals surface area contributed by atoms with Crippen molar-refractivity contribution in [2.75, 3.05) is 19.8 Å². The Balaban J connectivity index is 4.23. The van der Waals surface area contributed by atoms with Crippen molar-refractivity contribution in [2.45, 2.75) is 175 Å². The molecule has 3 nitrogen and oxygen atoms in total. The van der Waals surface area contributed by atoms with Gasteiger partial charge in [0.1, 0.15) is 0 Å². The normalized spacial score (nSPS) is 12.0. The van der Waals surface area contributed by atoms with Crippen LogP contribution in [0.4, 0.5) is 0 Å². The molecule has 0 unspecified atom stereocenters. The van der Waals surface area contributed by atoms with Crippen LogP contribution in [0.3, 0.4) is 0 Å². The fourth-order valence-corrected chi connectivity index (χ4v) is 4.29. The largest absolute Gasteiger partial charge is 0.327 e. The van der Waals surface area contributed by atoms with Crippen LogP contribution in [0.25, 0.3) is 0 Å². The second-order valence-electron chi connectivity index (χ2n) is 9.95. The quantitative estimate of drug-likeness (QED) is 0.0840. The number of unbranched alkanes of at least 4 members (excludes halogenated alkanes) is 18. The van der Waals surface area contributed by atoms with E-state index in [9.17, 15) is 0 Å². The first kappa shape index (κ1) is 32.9. The molecule has 200 valence electrons. The van der Waals surface area contributed by atoms with Gasteiger partial charge in [0.05, 0.1) is 19.8 Å². The van der Waals surface area contributed by atoms with Gasteiger partial charge in [-0.05, 0) is 19.3 Å². The fraction of sp³-hybridized carbons (Fsp3) is 1.00. The molecule has 0 saturated heterocycles. The maximum atomic E-state index is 6.28. The molecule has 0 aromatic heterocycles. The maximum absolute atomic E-state index is 6.28. The van der Waals surface area contributed by atoms with Crippen LogP contribution in [0.5, 0.6) is 0 Å². The Morgan fingerprint density at radius 1 is 0.333 bits per heavy atom. The number of ether oxygens (including phenoxy) is 3. The molecule has 0 fully saturated rings. The van der Waals surface area contributed by atoms with Gasteiger partial charge >= 0.3 is 0 Å². The Labute approximate surface area is 209 Å². The summed E-state index contributed by atoms with van der Waals surface area (Å²) in [6, 6.07) is 0. The van der Waals surface area contributed by atoms with Gasteiger partial charge in [0.25, 0.3) is 5.97 Å². The van der Waals surface area contributed by atoms with Crippen molar-refractivity contribution in [1.82, 2.24) is 0 Å². The third kappa shape index (κ3) is 22.1. The van der Waals surface area contributed by atoms with Gasteiger partial charge < -0.3 is 14.2 Å². The molecule has 0 rings (SSSR count). The second-order valence-corrected chi connectivity index (χ2v) is 9.95. The molecule has 0 N–H and O–H groups in total. The van der Waals surface area contributed by atoms with Crippen molar-refractivity contribution in [3.63, 3.8) is 0 Å². The number of hydrogen-bond acceptors (Lipinski definition) is 3. The van der Waals surface area contributed by atoms with Crippen LogP contribution < -0.4 is 0 Å². The van der Waals surface area contributed by atoms with Crippen molar-refractivity contribution in [3.8, 4) is 0 Å². The maximum Gasteiger partial charge on any atom is 0.282 e. The molecule has 0 aliphatic heterocycles. The SMILES string of the molecule is CCCCCCCCCOC(CC)(OCCCCCCCCC)OCCCCCCCCC. The van der Waals surface area contributed by atoms with Crippen molar-refractivity contribution in [2.24, 2.45) is 0 Å². The molecule has 0 heterocycles. The van der Waals surface area contributed by atoms with Crippen LogP contribution in [0.15, 0.2) is 0 Å². The summed E-state index contributed by atoms with van der Waals surface area (Å²) in [4.78, 5) is 0. The Morgan fingerprint density at radius 3 is 0.818 bits per heavy atom. The molecule has 0 amide bonds. The van der Waals surface area contributed by atoms with E-state index in [2.05, 4.69) is 27.7 Å². The van der Waals surface area contributed by atoms with E-state index in [-0.39, 0.29) is 0 Å². The minimum Gasteiger partial charge on any atom is -0.327 e. The molecule has 0 aliphatic rings. The predicted molar refractivity (Wildman–Crippen MR) is 145 cm³/mol. The predicted octanol–water partition coefficient (Wildman–Crippen LogP) is 10.4. The van der Waals surface area contributed by atoms with Gasteiger partial charge in [0.15, 0.2) is 0 Å². The van der Waals surface area contributed by atoms with Gasteiger partial charge in [0.2, 0.25) is 0 Å². The molecule has 0 aliphatic carbocycles. The highest BCUT2D eigenvalue weighted by Gasteiger charge is 2.31. The molecule has 0 saturated carbocycles. The van der Waals surface area contributed by atoms with E-state index in [1.807, 2.05) is 0 Å². The van der Waals surface area contributed by atoms with Crippen LogP contribution >= 0.6 is 0 Å². The summed E-state index contributed by atoms with van der Waals surface area (Å²) in [7, 11) is 0. The zero-order valence-electron chi connectivity index (χ0n) is 23.4. The lowest BCUT2D eigenvalue weighted by molar-refractivity contribution is -0.382. The van der Waals surface area contributed by atoms with Gasteiger partial charge in [0, 0.05) is 6.42 Å². The smallest absolute Gasteiger partial charge is 0.282 e. The summed E-state index contributed by atoms with van der Waals surface area (Å²) in [6.07, 6.45) is 28.0. The summed E-state index contributed by atoms with van der Waals surface area (Å²) >= 11 is 0. The van der Waals surface area contributed by atoms with E-state index in [1.165, 1.54) is 116 Å². The average Bonchev–Trinajstić information content (AvgIpc) is 2.83. The van der Waals surface area contributed by atoms with Gasteiger partial charge in [-0.25, -0.2) is 0 Å². The number of hydrogen-bond donors (Lipinski definition) is 0. The first-order chi connectivity index (χ1) is 16.2. The summed E-state index contributed by atoms with van der Waals surface area (Å²) < 4.78 is 18.8. The van der Waals surface area contributed by atoms with Crippen molar-refractivity contribution < 1.29 is 14.2 Å². The second kappa shape index (κ2) is 26.5. The lowest BCUT2D eigenvalue weighted by Crippen LogP contribution is -2.39. The number of rotatable bonds is 28. The first-order valence-corrected chi connectivity index (χ1v) is 15.2. The molecular weight excluding hydrogens is 408 g/mol. The summed E-state index contributed by atoms with van der Waals surface area (Å²) in [5.74, 6) is -0.827. The highest BCUT2D eigenvalue weighted by molar-refractivity contribution is 4.58. The Morgan fingerprint density at radius 2 is 0.576 bits per heavy atom. The van der Waals surface area contributed by atoms with Crippen LogP contribution in [0, 0.1) is 0 Å². The lowest BCUT2D eigenvalue weighted by atomic mass is 10.1. The van der Waals surface area contributed by atoms with Crippen molar-refractivity contribution in [3.05, 3.63) is 0 Å². The summed E-state index contributed by atoms with van der Waals surface area (Å²) in [5.41, 5.74) is 0. The average molecular weight is 471 g/mol. The molecule has 0 aromatic rings. The minimum atomic E-state index is -0.827. The fourth-order valence-electron chi connectivity index (χ4n) is 4.29. The van der Waals surface area contributed by atoms with E-state index in [4.69, 9.17) is 14.2 Å². The van der Waals surface area contributed by atoms with Crippen molar-refractivity contribution >= 4 is 0 Å². The van der Waals surface area contributed by atoms with Gasteiger partial charge in [-0.15, -0.1) is 0 Å². The van der Waals surface area contributed by atoms with Crippen LogP contribution in [-0.2, 0) is 14.2 Å². The third-order valence-electron chi connectivity index (χ3n) is 6.64. The Kier molecular flexibility index (Phi) is 26.4. The molecule has 0 aromatic carbocycles. The van der Waals surface area contributed by atoms with E-state index >= 15 is 0 Å². The summed E-state index contributed by atoms with van der Waals surface area (Å²) in [6.45, 7) is 11.2. The van der Waals surface area contributed by atoms with E-state index in [1.54, 1.807) is 0 Å². The minimum absolute atomic E-state index is 0.746. The molecule has 0 atom stereocenters. The highest BCUT2D eigenvalue weighted by atomic mass is 16.9. The van der Waals surface area contributed by atoms with Gasteiger partial charge in [-0.1, -0.05) is 143 Å². The van der Waals surface area contributed by atoms with E-state index in [0.29, 0.717) is 0 Å². The molecule has 0 radical (unpaired) electrons. The third-order valence-corrected chi connectivity index (χ3v) is 6.64. The van der Waals surface area contributed by atoms with E-state index < -0.39 is 5.97 Å². The molecule has 33 heavy (non-hydrogen) atoms. The Bertz CT molecular complexity index is 308. The van der Waals surface area contributed by atoms with Crippen LogP contribution in [0.2, 0.25) is 0 Å². The van der Waals surface area contributed by atoms with Crippen molar-refractivity contribution in [1.29, 1.82) is 0 Å².